The molecule has 1 unspecified atom stereocenters. The molecule has 0 radical (unpaired) electrons. The first-order valence-electron chi connectivity index (χ1n) is 5.93. The number of pyridine rings is 1. The summed E-state index contributed by atoms with van der Waals surface area (Å²) in [6.07, 6.45) is 2.44. The Morgan fingerprint density at radius 2 is 2.28 bits per heavy atom. The largest absolute Gasteiger partial charge is 0.467 e. The monoisotopic (exact) mass is 244 g/mol. The van der Waals surface area contributed by atoms with E-state index in [4.69, 9.17) is 4.74 Å². The SMILES string of the molecule is CCC(Nc1ccc2ncccc2c1)C(=O)OC. The van der Waals surface area contributed by atoms with Crippen molar-refractivity contribution >= 4 is 22.6 Å². The minimum atomic E-state index is -0.316. The van der Waals surface area contributed by atoms with Crippen LogP contribution in [0.25, 0.3) is 10.9 Å². The second kappa shape index (κ2) is 5.49. The van der Waals surface area contributed by atoms with Gasteiger partial charge in [0.25, 0.3) is 0 Å². The number of nitrogens with zero attached hydrogens (tertiary/aromatic N) is 1. The van der Waals surface area contributed by atoms with Crippen LogP contribution in [0.2, 0.25) is 0 Å². The summed E-state index contributed by atoms with van der Waals surface area (Å²) in [4.78, 5) is 15.8. The zero-order chi connectivity index (χ0) is 13.0. The molecule has 94 valence electrons. The van der Waals surface area contributed by atoms with Gasteiger partial charge in [0.2, 0.25) is 0 Å². The maximum atomic E-state index is 11.5. The number of aromatic nitrogens is 1. The van der Waals surface area contributed by atoms with Crippen molar-refractivity contribution < 1.29 is 9.53 Å². The van der Waals surface area contributed by atoms with Crippen LogP contribution in [-0.4, -0.2) is 24.1 Å². The highest BCUT2D eigenvalue weighted by atomic mass is 16.5. The third-order valence-electron chi connectivity index (χ3n) is 2.84. The third kappa shape index (κ3) is 2.59. The van der Waals surface area contributed by atoms with Gasteiger partial charge in [-0.15, -0.1) is 0 Å². The fourth-order valence-electron chi connectivity index (χ4n) is 1.84. The average molecular weight is 244 g/mol. The van der Waals surface area contributed by atoms with Gasteiger partial charge >= 0.3 is 5.97 Å². The highest BCUT2D eigenvalue weighted by Gasteiger charge is 2.16. The number of carbonyl (C=O) groups excluding carboxylic acids is 1. The molecule has 0 bridgehead atoms. The van der Waals surface area contributed by atoms with Crippen LogP contribution in [0.4, 0.5) is 5.69 Å². The van der Waals surface area contributed by atoms with E-state index in [9.17, 15) is 4.79 Å². The van der Waals surface area contributed by atoms with Crippen molar-refractivity contribution in [3.63, 3.8) is 0 Å². The Morgan fingerprint density at radius 3 is 3.00 bits per heavy atom. The van der Waals surface area contributed by atoms with E-state index >= 15 is 0 Å². The summed E-state index contributed by atoms with van der Waals surface area (Å²) >= 11 is 0. The molecular formula is C14H16N2O2. The number of hydrogen-bond donors (Lipinski definition) is 1. The number of anilines is 1. The van der Waals surface area contributed by atoms with Gasteiger partial charge in [-0.3, -0.25) is 4.98 Å². The van der Waals surface area contributed by atoms with Crippen molar-refractivity contribution in [2.24, 2.45) is 0 Å². The molecule has 0 aliphatic carbocycles. The number of benzene rings is 1. The summed E-state index contributed by atoms with van der Waals surface area (Å²) in [6.45, 7) is 1.94. The van der Waals surface area contributed by atoms with Crippen LogP contribution in [0.15, 0.2) is 36.5 Å². The Hall–Kier alpha value is -2.10. The number of ether oxygens (including phenoxy) is 1. The van der Waals surface area contributed by atoms with Crippen molar-refractivity contribution in [2.75, 3.05) is 12.4 Å². The van der Waals surface area contributed by atoms with Gasteiger partial charge in [-0.25, -0.2) is 4.79 Å². The summed E-state index contributed by atoms with van der Waals surface area (Å²) in [5, 5.41) is 4.21. The molecule has 18 heavy (non-hydrogen) atoms. The molecule has 1 aromatic carbocycles. The van der Waals surface area contributed by atoms with Gasteiger partial charge in [0.1, 0.15) is 6.04 Å². The normalized spacial score (nSPS) is 12.1. The van der Waals surface area contributed by atoms with E-state index in [1.165, 1.54) is 7.11 Å². The second-order valence-corrected chi connectivity index (χ2v) is 4.04. The molecule has 0 saturated carbocycles. The fraction of sp³-hybridized carbons (Fsp3) is 0.286. The van der Waals surface area contributed by atoms with Gasteiger partial charge < -0.3 is 10.1 Å². The smallest absolute Gasteiger partial charge is 0.328 e. The molecule has 1 atom stereocenters. The van der Waals surface area contributed by atoms with Gasteiger partial charge in [0.05, 0.1) is 12.6 Å². The Morgan fingerprint density at radius 1 is 1.44 bits per heavy atom. The first kappa shape index (κ1) is 12.4. The molecule has 2 aromatic rings. The van der Waals surface area contributed by atoms with Crippen LogP contribution in [0, 0.1) is 0 Å². The predicted octanol–water partition coefficient (Wildman–Crippen LogP) is 2.60. The van der Waals surface area contributed by atoms with Crippen molar-refractivity contribution in [3.8, 4) is 0 Å². The maximum Gasteiger partial charge on any atom is 0.328 e. The number of fused-ring (bicyclic) bond motifs is 1. The van der Waals surface area contributed by atoms with Crippen molar-refractivity contribution in [3.05, 3.63) is 36.5 Å². The number of esters is 1. The van der Waals surface area contributed by atoms with Gasteiger partial charge in [0.15, 0.2) is 0 Å². The Bertz CT molecular complexity index is 554. The molecule has 4 heteroatoms. The first-order valence-corrected chi connectivity index (χ1v) is 5.93. The Balaban J connectivity index is 2.23. The number of hydrogen-bond acceptors (Lipinski definition) is 4. The van der Waals surface area contributed by atoms with Gasteiger partial charge in [-0.2, -0.15) is 0 Å². The topological polar surface area (TPSA) is 51.2 Å². The molecule has 0 aliphatic rings. The lowest BCUT2D eigenvalue weighted by atomic mass is 10.1. The van der Waals surface area contributed by atoms with Gasteiger partial charge in [-0.1, -0.05) is 13.0 Å². The molecule has 0 amide bonds. The van der Waals surface area contributed by atoms with Crippen LogP contribution >= 0.6 is 0 Å². The lowest BCUT2D eigenvalue weighted by Gasteiger charge is -2.16. The molecule has 1 N–H and O–H groups in total. The summed E-state index contributed by atoms with van der Waals surface area (Å²) in [7, 11) is 1.40. The quantitative estimate of drug-likeness (QED) is 0.840. The third-order valence-corrected chi connectivity index (χ3v) is 2.84. The molecule has 1 aromatic heterocycles. The Kier molecular flexibility index (Phi) is 3.77. The number of nitrogens with one attached hydrogen (secondary N) is 1. The lowest BCUT2D eigenvalue weighted by Crippen LogP contribution is -2.29. The van der Waals surface area contributed by atoms with Crippen LogP contribution < -0.4 is 5.32 Å². The zero-order valence-electron chi connectivity index (χ0n) is 10.5. The zero-order valence-corrected chi connectivity index (χ0v) is 10.5. The van der Waals surface area contributed by atoms with E-state index in [1.54, 1.807) is 6.20 Å². The van der Waals surface area contributed by atoms with Crippen molar-refractivity contribution in [1.29, 1.82) is 0 Å². The van der Waals surface area contributed by atoms with E-state index in [-0.39, 0.29) is 12.0 Å². The first-order chi connectivity index (χ1) is 8.74. The Labute approximate surface area is 106 Å². The van der Waals surface area contributed by atoms with E-state index in [0.29, 0.717) is 6.42 Å². The number of rotatable bonds is 4. The van der Waals surface area contributed by atoms with Crippen molar-refractivity contribution in [2.45, 2.75) is 19.4 Å². The molecule has 1 heterocycles. The standard InChI is InChI=1S/C14H16N2O2/c1-3-12(14(17)18-2)16-11-6-7-13-10(9-11)5-4-8-15-13/h4-9,12,16H,3H2,1-2H3. The van der Waals surface area contributed by atoms with Crippen LogP contribution in [-0.2, 0) is 9.53 Å². The van der Waals surface area contributed by atoms with E-state index < -0.39 is 0 Å². The van der Waals surface area contributed by atoms with Gasteiger partial charge in [0, 0.05) is 17.3 Å². The summed E-state index contributed by atoms with van der Waals surface area (Å²) in [5.74, 6) is -0.246. The van der Waals surface area contributed by atoms with E-state index in [0.717, 1.165) is 16.6 Å². The average Bonchev–Trinajstić information content (AvgIpc) is 2.43. The summed E-state index contributed by atoms with van der Waals surface area (Å²) < 4.78 is 4.75. The second-order valence-electron chi connectivity index (χ2n) is 4.04. The summed E-state index contributed by atoms with van der Waals surface area (Å²) in [6, 6.07) is 9.40. The maximum absolute atomic E-state index is 11.5. The van der Waals surface area contributed by atoms with Crippen LogP contribution in [0.1, 0.15) is 13.3 Å². The number of methoxy groups -OCH3 is 1. The van der Waals surface area contributed by atoms with Crippen LogP contribution in [0.3, 0.4) is 0 Å². The highest BCUT2D eigenvalue weighted by molar-refractivity contribution is 5.84. The van der Waals surface area contributed by atoms with E-state index in [1.807, 2.05) is 37.3 Å². The molecule has 0 spiro atoms. The minimum absolute atomic E-state index is 0.246. The lowest BCUT2D eigenvalue weighted by molar-refractivity contribution is -0.141. The molecule has 4 nitrogen and oxygen atoms in total. The predicted molar refractivity (Wildman–Crippen MR) is 71.5 cm³/mol. The summed E-state index contributed by atoms with van der Waals surface area (Å²) in [5.41, 5.74) is 1.84. The fourth-order valence-corrected chi connectivity index (χ4v) is 1.84. The minimum Gasteiger partial charge on any atom is -0.467 e. The molecule has 0 saturated heterocycles. The van der Waals surface area contributed by atoms with Gasteiger partial charge in [-0.05, 0) is 30.7 Å². The van der Waals surface area contributed by atoms with Crippen LogP contribution in [0.5, 0.6) is 0 Å². The number of carbonyl (C=O) groups is 1. The molecule has 0 fully saturated rings. The molecule has 0 aliphatic heterocycles. The molecular weight excluding hydrogens is 228 g/mol. The van der Waals surface area contributed by atoms with Crippen molar-refractivity contribution in [1.82, 2.24) is 4.98 Å². The van der Waals surface area contributed by atoms with E-state index in [2.05, 4.69) is 10.3 Å². The highest BCUT2D eigenvalue weighted by Crippen LogP contribution is 2.18. The molecule has 2 rings (SSSR count).